The molecule has 1 saturated heterocycles. The van der Waals surface area contributed by atoms with Gasteiger partial charge in [-0.25, -0.2) is 0 Å². The van der Waals surface area contributed by atoms with E-state index >= 15 is 0 Å². The van der Waals surface area contributed by atoms with Gasteiger partial charge >= 0.3 is 0 Å². The molecule has 1 aliphatic rings. The molecule has 0 spiro atoms. The van der Waals surface area contributed by atoms with Crippen molar-refractivity contribution in [2.24, 2.45) is 10.9 Å². The quantitative estimate of drug-likeness (QED) is 0.190. The van der Waals surface area contributed by atoms with Crippen molar-refractivity contribution in [2.45, 2.75) is 39.5 Å². The molecule has 29 heavy (non-hydrogen) atoms. The van der Waals surface area contributed by atoms with Crippen molar-refractivity contribution in [1.29, 1.82) is 0 Å². The Morgan fingerprint density at radius 3 is 2.79 bits per heavy atom. The zero-order valence-electron chi connectivity index (χ0n) is 18.1. The van der Waals surface area contributed by atoms with Crippen LogP contribution in [-0.2, 0) is 9.47 Å². The van der Waals surface area contributed by atoms with E-state index in [2.05, 4.69) is 48.5 Å². The highest BCUT2D eigenvalue weighted by Crippen LogP contribution is 2.25. The first-order valence-electron chi connectivity index (χ1n) is 10.6. The molecule has 1 atom stereocenters. The molecule has 0 amide bonds. The molecule has 6 nitrogen and oxygen atoms in total. The molecule has 166 valence electrons. The monoisotopic (exact) mass is 519 g/mol. The summed E-state index contributed by atoms with van der Waals surface area (Å²) in [5.41, 5.74) is 1.24. The topological polar surface area (TPSA) is 64.1 Å². The number of hydrogen-bond donors (Lipinski definition) is 2. The number of para-hydroxylation sites is 1. The molecule has 0 saturated carbocycles. The third kappa shape index (κ3) is 10.5. The van der Waals surface area contributed by atoms with Gasteiger partial charge in [-0.15, -0.1) is 24.0 Å². The van der Waals surface area contributed by atoms with Crippen molar-refractivity contribution in [3.8, 4) is 5.75 Å². The maximum absolute atomic E-state index is 5.96. The van der Waals surface area contributed by atoms with Gasteiger partial charge in [0.2, 0.25) is 0 Å². The Hall–Kier alpha value is -1.06. The van der Waals surface area contributed by atoms with E-state index in [0.717, 1.165) is 64.1 Å². The van der Waals surface area contributed by atoms with Gasteiger partial charge in [0.05, 0.1) is 19.8 Å². The predicted octanol–water partition coefficient (Wildman–Crippen LogP) is 3.81. The van der Waals surface area contributed by atoms with Crippen LogP contribution in [0.4, 0.5) is 0 Å². The summed E-state index contributed by atoms with van der Waals surface area (Å²) in [5.74, 6) is 2.81. The van der Waals surface area contributed by atoms with E-state index in [1.54, 1.807) is 0 Å². The lowest BCUT2D eigenvalue weighted by Crippen LogP contribution is -2.39. The molecule has 1 aromatic rings. The van der Waals surface area contributed by atoms with Gasteiger partial charge in [-0.1, -0.05) is 32.0 Å². The number of hydrogen-bond acceptors (Lipinski definition) is 4. The molecule has 2 N–H and O–H groups in total. The van der Waals surface area contributed by atoms with Crippen LogP contribution in [0.25, 0.3) is 0 Å². The Kier molecular flexibility index (Phi) is 14.1. The van der Waals surface area contributed by atoms with E-state index in [0.29, 0.717) is 25.0 Å². The van der Waals surface area contributed by atoms with E-state index in [1.165, 1.54) is 5.56 Å². The maximum atomic E-state index is 5.96. The largest absolute Gasteiger partial charge is 0.491 e. The number of benzene rings is 1. The lowest BCUT2D eigenvalue weighted by molar-refractivity contribution is 0.0893. The maximum Gasteiger partial charge on any atom is 0.191 e. The number of nitrogens with one attached hydrogen (secondary N) is 2. The number of guanidine groups is 1. The summed E-state index contributed by atoms with van der Waals surface area (Å²) in [6.45, 7) is 12.6. The lowest BCUT2D eigenvalue weighted by Gasteiger charge is -2.15. The first-order chi connectivity index (χ1) is 13.7. The van der Waals surface area contributed by atoms with E-state index in [-0.39, 0.29) is 24.0 Å². The molecule has 0 bridgehead atoms. The van der Waals surface area contributed by atoms with Gasteiger partial charge in [0.25, 0.3) is 0 Å². The highest BCUT2D eigenvalue weighted by molar-refractivity contribution is 14.0. The Balaban J connectivity index is 0.00000420. The van der Waals surface area contributed by atoms with Gasteiger partial charge in [0, 0.05) is 32.2 Å². The molecule has 0 aromatic heterocycles. The minimum absolute atomic E-state index is 0. The number of rotatable bonds is 12. The standard InChI is InChI=1S/C22H37N3O3.HI/c1-4-23-22(24-11-7-13-26-16-19-10-14-27-17-19)25-12-15-28-21-9-6-5-8-20(21)18(2)3;/h5-6,8-9,18-19H,4,7,10-17H2,1-3H3,(H2,23,24,25);1H. The molecule has 1 unspecified atom stereocenters. The Bertz CT molecular complexity index is 578. The van der Waals surface area contributed by atoms with Crippen LogP contribution in [0.2, 0.25) is 0 Å². The summed E-state index contributed by atoms with van der Waals surface area (Å²) in [6, 6.07) is 8.23. The zero-order valence-corrected chi connectivity index (χ0v) is 20.4. The zero-order chi connectivity index (χ0) is 20.0. The third-order valence-corrected chi connectivity index (χ3v) is 4.63. The molecule has 1 heterocycles. The van der Waals surface area contributed by atoms with E-state index in [4.69, 9.17) is 14.2 Å². The lowest BCUT2D eigenvalue weighted by atomic mass is 10.0. The molecule has 1 fully saturated rings. The van der Waals surface area contributed by atoms with Crippen molar-refractivity contribution in [2.75, 3.05) is 52.7 Å². The van der Waals surface area contributed by atoms with Gasteiger partial charge in [0.1, 0.15) is 12.4 Å². The summed E-state index contributed by atoms with van der Waals surface area (Å²) >= 11 is 0. The second-order valence-corrected chi connectivity index (χ2v) is 7.39. The predicted molar refractivity (Wildman–Crippen MR) is 130 cm³/mol. The van der Waals surface area contributed by atoms with Crippen LogP contribution in [0.3, 0.4) is 0 Å². The van der Waals surface area contributed by atoms with Crippen molar-refractivity contribution in [1.82, 2.24) is 10.6 Å². The van der Waals surface area contributed by atoms with Crippen molar-refractivity contribution in [3.63, 3.8) is 0 Å². The summed E-state index contributed by atoms with van der Waals surface area (Å²) in [4.78, 5) is 4.61. The molecule has 0 radical (unpaired) electrons. The molecule has 1 aliphatic heterocycles. The first kappa shape index (κ1) is 26.0. The molecule has 1 aromatic carbocycles. The van der Waals surface area contributed by atoms with E-state index in [9.17, 15) is 0 Å². The number of ether oxygens (including phenoxy) is 3. The van der Waals surface area contributed by atoms with E-state index in [1.807, 2.05) is 12.1 Å². The summed E-state index contributed by atoms with van der Waals surface area (Å²) in [5, 5.41) is 6.60. The second kappa shape index (κ2) is 15.7. The molecule has 0 aliphatic carbocycles. The van der Waals surface area contributed by atoms with Crippen molar-refractivity contribution >= 4 is 29.9 Å². The molecular weight excluding hydrogens is 481 g/mol. The molecule has 7 heteroatoms. The number of aliphatic imine (C=N–C) groups is 1. The third-order valence-electron chi connectivity index (χ3n) is 4.63. The van der Waals surface area contributed by atoms with Crippen LogP contribution >= 0.6 is 24.0 Å². The van der Waals surface area contributed by atoms with Gasteiger partial charge in [-0.05, 0) is 37.3 Å². The fraction of sp³-hybridized carbons (Fsp3) is 0.682. The molecule has 2 rings (SSSR count). The van der Waals surface area contributed by atoms with Crippen LogP contribution in [-0.4, -0.2) is 58.6 Å². The summed E-state index contributed by atoms with van der Waals surface area (Å²) < 4.78 is 17.0. The normalized spacial score (nSPS) is 16.6. The Labute approximate surface area is 193 Å². The van der Waals surface area contributed by atoms with Crippen molar-refractivity contribution < 1.29 is 14.2 Å². The summed E-state index contributed by atoms with van der Waals surface area (Å²) in [6.07, 6.45) is 2.04. The number of nitrogens with zero attached hydrogens (tertiary/aromatic N) is 1. The Morgan fingerprint density at radius 2 is 2.07 bits per heavy atom. The van der Waals surface area contributed by atoms with Crippen LogP contribution < -0.4 is 15.4 Å². The smallest absolute Gasteiger partial charge is 0.191 e. The average Bonchev–Trinajstić information content (AvgIpc) is 3.21. The van der Waals surface area contributed by atoms with Crippen LogP contribution in [0, 0.1) is 5.92 Å². The van der Waals surface area contributed by atoms with Crippen LogP contribution in [0.1, 0.15) is 45.1 Å². The van der Waals surface area contributed by atoms with Crippen LogP contribution in [0.15, 0.2) is 29.3 Å². The minimum atomic E-state index is 0. The molecular formula is C22H38IN3O3. The first-order valence-corrected chi connectivity index (χ1v) is 10.6. The number of halogens is 1. The highest BCUT2D eigenvalue weighted by Gasteiger charge is 2.15. The SMILES string of the molecule is CCNC(=NCCCOCC1CCOC1)NCCOc1ccccc1C(C)C.I. The minimum Gasteiger partial charge on any atom is -0.491 e. The second-order valence-electron chi connectivity index (χ2n) is 7.39. The highest BCUT2D eigenvalue weighted by atomic mass is 127. The van der Waals surface area contributed by atoms with Gasteiger partial charge in [-0.2, -0.15) is 0 Å². The van der Waals surface area contributed by atoms with Crippen molar-refractivity contribution in [3.05, 3.63) is 29.8 Å². The fourth-order valence-electron chi connectivity index (χ4n) is 3.08. The van der Waals surface area contributed by atoms with Gasteiger partial charge in [0.15, 0.2) is 5.96 Å². The average molecular weight is 519 g/mol. The van der Waals surface area contributed by atoms with Gasteiger partial charge in [-0.3, -0.25) is 4.99 Å². The van der Waals surface area contributed by atoms with Crippen LogP contribution in [0.5, 0.6) is 5.75 Å². The van der Waals surface area contributed by atoms with E-state index < -0.39 is 0 Å². The van der Waals surface area contributed by atoms with Gasteiger partial charge < -0.3 is 24.8 Å². The summed E-state index contributed by atoms with van der Waals surface area (Å²) in [7, 11) is 0. The Morgan fingerprint density at radius 1 is 1.24 bits per heavy atom. The fourth-order valence-corrected chi connectivity index (χ4v) is 3.08.